The second kappa shape index (κ2) is 8.80. The predicted octanol–water partition coefficient (Wildman–Crippen LogP) is 5.78. The van der Waals surface area contributed by atoms with E-state index in [0.717, 1.165) is 33.4 Å². The SMILES string of the molecule is O=C(O)c1ccc(-c2cc(-c3ccc(C(=O)O)cc3)cc(-c3ccc(C(=O)O)cc3)c2)cc1. The first-order valence-electron chi connectivity index (χ1n) is 9.98. The molecule has 0 aromatic heterocycles. The van der Waals surface area contributed by atoms with Crippen molar-refractivity contribution in [1.82, 2.24) is 0 Å². The van der Waals surface area contributed by atoms with E-state index in [0.29, 0.717) is 0 Å². The second-order valence-electron chi connectivity index (χ2n) is 7.45. The molecule has 4 aromatic carbocycles. The summed E-state index contributed by atoms with van der Waals surface area (Å²) >= 11 is 0. The summed E-state index contributed by atoms with van der Waals surface area (Å²) in [6, 6.07) is 25.4. The quantitative estimate of drug-likeness (QED) is 0.352. The van der Waals surface area contributed by atoms with Crippen LogP contribution in [-0.4, -0.2) is 33.2 Å². The van der Waals surface area contributed by atoms with Crippen LogP contribution in [0.3, 0.4) is 0 Å². The number of carboxylic acids is 3. The Morgan fingerprint density at radius 2 is 0.576 bits per heavy atom. The fraction of sp³-hybridized carbons (Fsp3) is 0. The second-order valence-corrected chi connectivity index (χ2v) is 7.45. The van der Waals surface area contributed by atoms with Crippen LogP contribution in [0, 0.1) is 0 Å². The molecule has 0 aliphatic rings. The Morgan fingerprint density at radius 1 is 0.364 bits per heavy atom. The predicted molar refractivity (Wildman–Crippen MR) is 124 cm³/mol. The van der Waals surface area contributed by atoms with Gasteiger partial charge in [-0.05, 0) is 88.0 Å². The van der Waals surface area contributed by atoms with E-state index in [-0.39, 0.29) is 16.7 Å². The molecule has 0 bridgehead atoms. The first-order chi connectivity index (χ1) is 15.8. The molecule has 0 saturated carbocycles. The number of hydrogen-bond donors (Lipinski definition) is 3. The van der Waals surface area contributed by atoms with Gasteiger partial charge in [0, 0.05) is 0 Å². The van der Waals surface area contributed by atoms with Gasteiger partial charge in [-0.25, -0.2) is 14.4 Å². The fourth-order valence-corrected chi connectivity index (χ4v) is 3.54. The van der Waals surface area contributed by atoms with Crippen LogP contribution < -0.4 is 0 Å². The fourth-order valence-electron chi connectivity index (χ4n) is 3.54. The van der Waals surface area contributed by atoms with Crippen LogP contribution >= 0.6 is 0 Å². The first-order valence-corrected chi connectivity index (χ1v) is 9.98. The largest absolute Gasteiger partial charge is 0.478 e. The maximum Gasteiger partial charge on any atom is 0.335 e. The van der Waals surface area contributed by atoms with Gasteiger partial charge in [-0.1, -0.05) is 36.4 Å². The van der Waals surface area contributed by atoms with Gasteiger partial charge in [0.05, 0.1) is 16.7 Å². The molecule has 0 atom stereocenters. The number of carbonyl (C=O) groups is 3. The number of aromatic carboxylic acids is 3. The monoisotopic (exact) mass is 438 g/mol. The third-order valence-corrected chi connectivity index (χ3v) is 5.33. The third-order valence-electron chi connectivity index (χ3n) is 5.33. The molecule has 0 spiro atoms. The minimum absolute atomic E-state index is 0.184. The highest BCUT2D eigenvalue weighted by Crippen LogP contribution is 2.33. The van der Waals surface area contributed by atoms with E-state index in [9.17, 15) is 29.7 Å². The Hall–Kier alpha value is -4.71. The summed E-state index contributed by atoms with van der Waals surface area (Å²) in [4.78, 5) is 33.6. The standard InChI is InChI=1S/C27H18O6/c28-25(29)19-7-1-16(2-8-19)22-13-23(17-3-9-20(10-4-17)26(30)31)15-24(14-22)18-5-11-21(12-6-18)27(32)33/h1-15H,(H,28,29)(H,30,31)(H,32,33). The van der Waals surface area contributed by atoms with Crippen LogP contribution in [-0.2, 0) is 0 Å². The highest BCUT2D eigenvalue weighted by molar-refractivity contribution is 5.91. The van der Waals surface area contributed by atoms with Crippen molar-refractivity contribution in [2.24, 2.45) is 0 Å². The summed E-state index contributed by atoms with van der Waals surface area (Å²) in [5.41, 5.74) is 5.50. The minimum atomic E-state index is -1.01. The van der Waals surface area contributed by atoms with Crippen LogP contribution in [0.5, 0.6) is 0 Å². The van der Waals surface area contributed by atoms with Gasteiger partial charge in [0.25, 0.3) is 0 Å². The number of carboxylic acid groups (broad SMARTS) is 3. The molecule has 162 valence electrons. The van der Waals surface area contributed by atoms with Gasteiger partial charge in [-0.2, -0.15) is 0 Å². The first kappa shape index (κ1) is 21.5. The molecule has 0 fully saturated rings. The van der Waals surface area contributed by atoms with Gasteiger partial charge in [0.15, 0.2) is 0 Å². The summed E-state index contributed by atoms with van der Waals surface area (Å²) < 4.78 is 0. The lowest BCUT2D eigenvalue weighted by Crippen LogP contribution is -1.96. The summed E-state index contributed by atoms with van der Waals surface area (Å²) in [6.07, 6.45) is 0. The molecular formula is C27H18O6. The van der Waals surface area contributed by atoms with E-state index in [1.54, 1.807) is 36.4 Å². The molecule has 0 unspecified atom stereocenters. The molecule has 33 heavy (non-hydrogen) atoms. The zero-order chi connectivity index (χ0) is 23.5. The Bertz CT molecular complexity index is 1170. The van der Waals surface area contributed by atoms with Crippen molar-refractivity contribution in [2.75, 3.05) is 0 Å². The van der Waals surface area contributed by atoms with E-state index in [1.165, 1.54) is 36.4 Å². The van der Waals surface area contributed by atoms with Crippen molar-refractivity contribution >= 4 is 17.9 Å². The Morgan fingerprint density at radius 3 is 0.758 bits per heavy atom. The lowest BCUT2D eigenvalue weighted by atomic mass is 9.92. The molecular weight excluding hydrogens is 420 g/mol. The average Bonchev–Trinajstić information content (AvgIpc) is 2.84. The Balaban J connectivity index is 1.84. The summed E-state index contributed by atoms with van der Waals surface area (Å²) in [5.74, 6) is -3.02. The number of hydrogen-bond acceptors (Lipinski definition) is 3. The number of benzene rings is 4. The van der Waals surface area contributed by atoms with Crippen LogP contribution in [0.25, 0.3) is 33.4 Å². The van der Waals surface area contributed by atoms with Crippen molar-refractivity contribution in [2.45, 2.75) is 0 Å². The molecule has 0 amide bonds. The maximum atomic E-state index is 11.2. The zero-order valence-corrected chi connectivity index (χ0v) is 17.2. The topological polar surface area (TPSA) is 112 Å². The molecule has 3 N–H and O–H groups in total. The van der Waals surface area contributed by atoms with Crippen LogP contribution in [0.1, 0.15) is 31.1 Å². The van der Waals surface area contributed by atoms with E-state index >= 15 is 0 Å². The van der Waals surface area contributed by atoms with Crippen molar-refractivity contribution in [1.29, 1.82) is 0 Å². The van der Waals surface area contributed by atoms with Crippen LogP contribution in [0.2, 0.25) is 0 Å². The molecule has 4 rings (SSSR count). The third kappa shape index (κ3) is 4.65. The maximum absolute atomic E-state index is 11.2. The molecule has 6 heteroatoms. The highest BCUT2D eigenvalue weighted by atomic mass is 16.4. The average molecular weight is 438 g/mol. The lowest BCUT2D eigenvalue weighted by Gasteiger charge is -2.12. The summed E-state index contributed by atoms with van der Waals surface area (Å²) in [6.45, 7) is 0. The van der Waals surface area contributed by atoms with Crippen LogP contribution in [0.15, 0.2) is 91.0 Å². The van der Waals surface area contributed by atoms with E-state index in [1.807, 2.05) is 18.2 Å². The molecule has 0 heterocycles. The molecule has 6 nitrogen and oxygen atoms in total. The minimum Gasteiger partial charge on any atom is -0.478 e. The van der Waals surface area contributed by atoms with E-state index in [4.69, 9.17) is 0 Å². The Kier molecular flexibility index (Phi) is 5.74. The van der Waals surface area contributed by atoms with Gasteiger partial charge in [0.1, 0.15) is 0 Å². The smallest absolute Gasteiger partial charge is 0.335 e. The van der Waals surface area contributed by atoms with Gasteiger partial charge in [-0.3, -0.25) is 0 Å². The van der Waals surface area contributed by atoms with Gasteiger partial charge < -0.3 is 15.3 Å². The molecule has 0 aliphatic heterocycles. The van der Waals surface area contributed by atoms with Crippen molar-refractivity contribution in [3.63, 3.8) is 0 Å². The van der Waals surface area contributed by atoms with Crippen molar-refractivity contribution in [3.05, 3.63) is 108 Å². The van der Waals surface area contributed by atoms with Gasteiger partial charge in [-0.15, -0.1) is 0 Å². The van der Waals surface area contributed by atoms with Gasteiger partial charge in [0.2, 0.25) is 0 Å². The summed E-state index contributed by atoms with van der Waals surface area (Å²) in [7, 11) is 0. The van der Waals surface area contributed by atoms with E-state index in [2.05, 4.69) is 0 Å². The highest BCUT2D eigenvalue weighted by Gasteiger charge is 2.11. The Labute approximate surface area is 189 Å². The van der Waals surface area contributed by atoms with E-state index < -0.39 is 17.9 Å². The van der Waals surface area contributed by atoms with Gasteiger partial charge >= 0.3 is 17.9 Å². The molecule has 0 radical (unpaired) electrons. The lowest BCUT2D eigenvalue weighted by molar-refractivity contribution is 0.0686. The number of rotatable bonds is 6. The summed E-state index contributed by atoms with van der Waals surface area (Å²) in [5, 5.41) is 27.5. The van der Waals surface area contributed by atoms with Crippen LogP contribution in [0.4, 0.5) is 0 Å². The van der Waals surface area contributed by atoms with Crippen molar-refractivity contribution in [3.8, 4) is 33.4 Å². The molecule has 0 saturated heterocycles. The van der Waals surface area contributed by atoms with Crippen molar-refractivity contribution < 1.29 is 29.7 Å². The normalized spacial score (nSPS) is 10.5. The molecule has 4 aromatic rings. The molecule has 0 aliphatic carbocycles. The zero-order valence-electron chi connectivity index (χ0n) is 17.2.